The Labute approximate surface area is 104 Å². The van der Waals surface area contributed by atoms with Crippen LogP contribution in [0.15, 0.2) is 24.3 Å². The van der Waals surface area contributed by atoms with Gasteiger partial charge in [-0.3, -0.25) is 0 Å². The molecule has 0 bridgehead atoms. The summed E-state index contributed by atoms with van der Waals surface area (Å²) in [4.78, 5) is 4.69. The van der Waals surface area contributed by atoms with E-state index in [0.717, 1.165) is 23.8 Å². The Morgan fingerprint density at radius 3 is 2.82 bits per heavy atom. The van der Waals surface area contributed by atoms with Crippen molar-refractivity contribution >= 4 is 11.4 Å². The summed E-state index contributed by atoms with van der Waals surface area (Å²) in [6.45, 7) is 3.59. The molecule has 1 fully saturated rings. The molecule has 1 aromatic rings. The van der Waals surface area contributed by atoms with Crippen molar-refractivity contribution in [3.8, 4) is 0 Å². The standard InChI is InChI=1S/C14H23N3/c1-16-9-7-12(11-16)8-10-17(2)14-6-4-3-5-13(14)15/h3-6,12H,7-11,15H2,1-2H3. The predicted molar refractivity (Wildman–Crippen MR) is 74.3 cm³/mol. The van der Waals surface area contributed by atoms with Crippen molar-refractivity contribution in [3.63, 3.8) is 0 Å². The molecule has 1 atom stereocenters. The molecule has 2 N–H and O–H groups in total. The normalized spacial score (nSPS) is 20.7. The van der Waals surface area contributed by atoms with Gasteiger partial charge in [-0.05, 0) is 44.5 Å². The molecule has 1 heterocycles. The molecular weight excluding hydrogens is 210 g/mol. The van der Waals surface area contributed by atoms with E-state index in [4.69, 9.17) is 5.73 Å². The Morgan fingerprint density at radius 2 is 2.18 bits per heavy atom. The molecule has 0 spiro atoms. The number of nitrogens with two attached hydrogens (primary N) is 1. The third-order valence-electron chi connectivity index (χ3n) is 3.71. The van der Waals surface area contributed by atoms with Gasteiger partial charge in [0.25, 0.3) is 0 Å². The molecule has 0 aliphatic carbocycles. The van der Waals surface area contributed by atoms with E-state index in [2.05, 4.69) is 30.0 Å². The first kappa shape index (κ1) is 12.2. The maximum atomic E-state index is 5.98. The third kappa shape index (κ3) is 3.13. The first-order valence-corrected chi connectivity index (χ1v) is 6.41. The highest BCUT2D eigenvalue weighted by molar-refractivity contribution is 5.66. The quantitative estimate of drug-likeness (QED) is 0.808. The van der Waals surface area contributed by atoms with Gasteiger partial charge >= 0.3 is 0 Å². The Balaban J connectivity index is 1.85. The van der Waals surface area contributed by atoms with E-state index in [9.17, 15) is 0 Å². The second kappa shape index (κ2) is 5.41. The van der Waals surface area contributed by atoms with Crippen LogP contribution in [0.5, 0.6) is 0 Å². The fraction of sp³-hybridized carbons (Fsp3) is 0.571. The fourth-order valence-corrected chi connectivity index (χ4v) is 2.59. The topological polar surface area (TPSA) is 32.5 Å². The Bertz CT molecular complexity index is 364. The number of hydrogen-bond acceptors (Lipinski definition) is 3. The summed E-state index contributed by atoms with van der Waals surface area (Å²) in [5, 5.41) is 0. The van der Waals surface area contributed by atoms with E-state index in [0.29, 0.717) is 0 Å². The average Bonchev–Trinajstić information content (AvgIpc) is 2.73. The molecule has 2 rings (SSSR count). The highest BCUT2D eigenvalue weighted by Crippen LogP contribution is 2.23. The van der Waals surface area contributed by atoms with Gasteiger partial charge in [-0.2, -0.15) is 0 Å². The second-order valence-electron chi connectivity index (χ2n) is 5.19. The first-order chi connectivity index (χ1) is 8.16. The fourth-order valence-electron chi connectivity index (χ4n) is 2.59. The molecule has 1 aromatic carbocycles. The summed E-state index contributed by atoms with van der Waals surface area (Å²) >= 11 is 0. The van der Waals surface area contributed by atoms with Crippen LogP contribution in [-0.4, -0.2) is 38.6 Å². The zero-order valence-electron chi connectivity index (χ0n) is 10.9. The van der Waals surface area contributed by atoms with Crippen LogP contribution in [0.25, 0.3) is 0 Å². The minimum absolute atomic E-state index is 0.854. The zero-order chi connectivity index (χ0) is 12.3. The van der Waals surface area contributed by atoms with Crippen molar-refractivity contribution in [2.75, 3.05) is 44.4 Å². The van der Waals surface area contributed by atoms with Gasteiger partial charge in [0.05, 0.1) is 11.4 Å². The maximum absolute atomic E-state index is 5.98. The largest absolute Gasteiger partial charge is 0.397 e. The molecule has 17 heavy (non-hydrogen) atoms. The molecule has 1 unspecified atom stereocenters. The van der Waals surface area contributed by atoms with Gasteiger partial charge in [-0.15, -0.1) is 0 Å². The molecule has 1 saturated heterocycles. The average molecular weight is 233 g/mol. The SMILES string of the molecule is CN1CCC(CCN(C)c2ccccc2N)C1. The van der Waals surface area contributed by atoms with Crippen LogP contribution in [0, 0.1) is 5.92 Å². The lowest BCUT2D eigenvalue weighted by molar-refractivity contribution is 0.389. The molecule has 0 saturated carbocycles. The number of anilines is 2. The lowest BCUT2D eigenvalue weighted by Crippen LogP contribution is -2.23. The van der Waals surface area contributed by atoms with E-state index in [1.54, 1.807) is 0 Å². The molecule has 1 aliphatic heterocycles. The van der Waals surface area contributed by atoms with E-state index in [1.807, 2.05) is 18.2 Å². The van der Waals surface area contributed by atoms with E-state index in [1.165, 1.54) is 25.9 Å². The van der Waals surface area contributed by atoms with Crippen LogP contribution >= 0.6 is 0 Å². The molecule has 0 amide bonds. The molecule has 1 aliphatic rings. The number of benzene rings is 1. The minimum Gasteiger partial charge on any atom is -0.397 e. The maximum Gasteiger partial charge on any atom is 0.0597 e. The highest BCUT2D eigenvalue weighted by atomic mass is 15.1. The highest BCUT2D eigenvalue weighted by Gasteiger charge is 2.19. The Hall–Kier alpha value is -1.22. The molecule has 94 valence electrons. The first-order valence-electron chi connectivity index (χ1n) is 6.41. The van der Waals surface area contributed by atoms with Crippen LogP contribution in [0.4, 0.5) is 11.4 Å². The summed E-state index contributed by atoms with van der Waals surface area (Å²) in [6.07, 6.45) is 2.60. The molecule has 0 radical (unpaired) electrons. The van der Waals surface area contributed by atoms with Crippen LogP contribution in [0.3, 0.4) is 0 Å². The number of rotatable bonds is 4. The number of nitrogen functional groups attached to an aromatic ring is 1. The second-order valence-corrected chi connectivity index (χ2v) is 5.19. The summed E-state index contributed by atoms with van der Waals surface area (Å²) in [5.74, 6) is 0.854. The van der Waals surface area contributed by atoms with Gasteiger partial charge in [-0.1, -0.05) is 12.1 Å². The summed E-state index contributed by atoms with van der Waals surface area (Å²) in [6, 6.07) is 8.09. The third-order valence-corrected chi connectivity index (χ3v) is 3.71. The van der Waals surface area contributed by atoms with E-state index >= 15 is 0 Å². The lowest BCUT2D eigenvalue weighted by atomic mass is 10.0. The van der Waals surface area contributed by atoms with Crippen molar-refractivity contribution in [3.05, 3.63) is 24.3 Å². The van der Waals surface area contributed by atoms with Crippen molar-refractivity contribution in [2.45, 2.75) is 12.8 Å². The Morgan fingerprint density at radius 1 is 1.41 bits per heavy atom. The summed E-state index contributed by atoms with van der Waals surface area (Å²) in [5.41, 5.74) is 8.00. The summed E-state index contributed by atoms with van der Waals surface area (Å²) in [7, 11) is 4.34. The molecule has 0 aromatic heterocycles. The van der Waals surface area contributed by atoms with Gasteiger partial charge < -0.3 is 15.5 Å². The van der Waals surface area contributed by atoms with Gasteiger partial charge in [0.2, 0.25) is 0 Å². The van der Waals surface area contributed by atoms with Gasteiger partial charge in [0.1, 0.15) is 0 Å². The molecular formula is C14H23N3. The Kier molecular flexibility index (Phi) is 3.89. The number of hydrogen-bond donors (Lipinski definition) is 1. The molecule has 3 nitrogen and oxygen atoms in total. The predicted octanol–water partition coefficient (Wildman–Crippen LogP) is 2.05. The minimum atomic E-state index is 0.854. The van der Waals surface area contributed by atoms with Gasteiger partial charge in [0.15, 0.2) is 0 Å². The summed E-state index contributed by atoms with van der Waals surface area (Å²) < 4.78 is 0. The van der Waals surface area contributed by atoms with E-state index < -0.39 is 0 Å². The number of nitrogens with zero attached hydrogens (tertiary/aromatic N) is 2. The van der Waals surface area contributed by atoms with Crippen molar-refractivity contribution < 1.29 is 0 Å². The van der Waals surface area contributed by atoms with Crippen LogP contribution < -0.4 is 10.6 Å². The monoisotopic (exact) mass is 233 g/mol. The van der Waals surface area contributed by atoms with Crippen molar-refractivity contribution in [1.29, 1.82) is 0 Å². The smallest absolute Gasteiger partial charge is 0.0597 e. The van der Waals surface area contributed by atoms with Crippen LogP contribution in [0.1, 0.15) is 12.8 Å². The zero-order valence-corrected chi connectivity index (χ0v) is 10.9. The molecule has 3 heteroatoms. The van der Waals surface area contributed by atoms with Gasteiger partial charge in [-0.25, -0.2) is 0 Å². The van der Waals surface area contributed by atoms with Crippen LogP contribution in [-0.2, 0) is 0 Å². The number of para-hydroxylation sites is 2. The van der Waals surface area contributed by atoms with Crippen LogP contribution in [0.2, 0.25) is 0 Å². The van der Waals surface area contributed by atoms with E-state index in [-0.39, 0.29) is 0 Å². The van der Waals surface area contributed by atoms with Crippen molar-refractivity contribution in [1.82, 2.24) is 4.90 Å². The number of likely N-dealkylation sites (tertiary alicyclic amines) is 1. The van der Waals surface area contributed by atoms with Gasteiger partial charge in [0, 0.05) is 20.1 Å². The van der Waals surface area contributed by atoms with Crippen molar-refractivity contribution in [2.24, 2.45) is 5.92 Å². The lowest BCUT2D eigenvalue weighted by Gasteiger charge is -2.22.